The van der Waals surface area contributed by atoms with Gasteiger partial charge >= 0.3 is 10.2 Å². The summed E-state index contributed by atoms with van der Waals surface area (Å²) >= 11 is 0. The normalized spacial score (nSPS) is 17.0. The van der Waals surface area contributed by atoms with E-state index in [0.717, 1.165) is 0 Å². The van der Waals surface area contributed by atoms with Gasteiger partial charge in [0.15, 0.2) is 5.75 Å². The zero-order valence-electron chi connectivity index (χ0n) is 6.39. The largest absolute Gasteiger partial charge is 0.310 e. The highest BCUT2D eigenvalue weighted by Crippen LogP contribution is 3.02. The molecule has 0 radical (unpaired) electrons. The molecule has 0 atom stereocenters. The predicted molar refractivity (Wildman–Crippen MR) is 39.6 cm³/mol. The summed E-state index contributed by atoms with van der Waals surface area (Å²) in [5.41, 5.74) is 0. The number of hydrogen-bond acceptors (Lipinski definition) is 1. The third-order valence-electron chi connectivity index (χ3n) is 1.36. The van der Waals surface area contributed by atoms with E-state index in [2.05, 4.69) is 4.94 Å². The van der Waals surface area contributed by atoms with Crippen molar-refractivity contribution in [1.82, 2.24) is 0 Å². The maximum atomic E-state index is 12.0. The van der Waals surface area contributed by atoms with Gasteiger partial charge in [-0.15, -0.1) is 0 Å². The molecule has 0 aromatic heterocycles. The molecule has 0 aliphatic rings. The van der Waals surface area contributed by atoms with Crippen LogP contribution in [0, 0.1) is 0 Å². The van der Waals surface area contributed by atoms with Crippen LogP contribution >= 0.6 is 10.2 Å². The second kappa shape index (κ2) is 2.30. The van der Waals surface area contributed by atoms with Crippen LogP contribution in [0.15, 0.2) is 29.2 Å². The molecule has 0 heterocycles. The van der Waals surface area contributed by atoms with Crippen LogP contribution in [0.25, 0.3) is 0 Å². The summed E-state index contributed by atoms with van der Waals surface area (Å²) in [4.78, 5) is 0.971. The third kappa shape index (κ3) is 2.47. The summed E-state index contributed by atoms with van der Waals surface area (Å²) in [7, 11) is -9.64. The maximum Gasteiger partial charge on any atom is 0.310 e. The van der Waals surface area contributed by atoms with Crippen molar-refractivity contribution in [2.24, 2.45) is 0 Å². The van der Waals surface area contributed by atoms with Crippen molar-refractivity contribution in [2.75, 3.05) is 0 Å². The van der Waals surface area contributed by atoms with Crippen LogP contribution < -0.4 is 4.94 Å². The first-order valence-corrected chi connectivity index (χ1v) is 5.11. The van der Waals surface area contributed by atoms with E-state index in [0.29, 0.717) is 12.1 Å². The smallest absolute Gasteiger partial charge is 0.294 e. The first-order valence-electron chi connectivity index (χ1n) is 3.16. The lowest BCUT2D eigenvalue weighted by Gasteiger charge is -2.40. The molecule has 1 rings (SSSR count). The molecule has 82 valence electrons. The molecule has 1 nitrogen and oxygen atoms in total. The highest BCUT2D eigenvalue weighted by molar-refractivity contribution is 8.45. The van der Waals surface area contributed by atoms with Crippen LogP contribution in [0.2, 0.25) is 0 Å². The van der Waals surface area contributed by atoms with Gasteiger partial charge in [0.2, 0.25) is 0 Å². The molecular weight excluding hydrogens is 234 g/mol. The maximum absolute atomic E-state index is 12.0. The quantitative estimate of drug-likeness (QED) is 0.683. The lowest BCUT2D eigenvalue weighted by atomic mass is 10.3. The minimum atomic E-state index is -9.64. The van der Waals surface area contributed by atoms with Crippen LogP contribution in [-0.2, 0) is 0 Å². The first-order chi connectivity index (χ1) is 6.03. The average molecular weight is 238 g/mol. The van der Waals surface area contributed by atoms with Gasteiger partial charge in [0.25, 0.3) is 0 Å². The van der Waals surface area contributed by atoms with Gasteiger partial charge in [-0.1, -0.05) is 19.4 Å². The van der Waals surface area contributed by atoms with E-state index in [1.165, 1.54) is 0 Å². The highest BCUT2D eigenvalue weighted by atomic mass is 32.5. The molecule has 1 aromatic rings. The van der Waals surface area contributed by atoms with Crippen molar-refractivity contribution in [1.29, 1.82) is 0 Å². The Labute approximate surface area is 74.9 Å². The van der Waals surface area contributed by atoms with Crippen LogP contribution in [0.1, 0.15) is 0 Å². The molecule has 14 heavy (non-hydrogen) atoms. The molecule has 0 unspecified atom stereocenters. The fourth-order valence-electron chi connectivity index (χ4n) is 0.748. The molecule has 1 aromatic carbocycles. The predicted octanol–water partition coefficient (Wildman–Crippen LogP) is 4.61. The van der Waals surface area contributed by atoms with E-state index in [4.69, 9.17) is 0 Å². The number of halogens is 6. The molecule has 0 aliphatic carbocycles. The second-order valence-electron chi connectivity index (χ2n) is 2.52. The van der Waals surface area contributed by atoms with Crippen molar-refractivity contribution in [3.63, 3.8) is 0 Å². The van der Waals surface area contributed by atoms with Crippen molar-refractivity contribution in [3.05, 3.63) is 24.3 Å². The van der Waals surface area contributed by atoms with Crippen LogP contribution in [-0.4, -0.2) is 0 Å². The van der Waals surface area contributed by atoms with Crippen molar-refractivity contribution >= 4 is 10.2 Å². The van der Waals surface area contributed by atoms with Crippen molar-refractivity contribution < 1.29 is 28.9 Å². The van der Waals surface area contributed by atoms with Crippen molar-refractivity contribution in [2.45, 2.75) is 4.90 Å². The van der Waals surface area contributed by atoms with E-state index in [1.54, 1.807) is 0 Å². The minimum absolute atomic E-state index is 0.0659. The van der Waals surface area contributed by atoms with Gasteiger partial charge in [-0.25, -0.2) is 0 Å². The van der Waals surface area contributed by atoms with Crippen LogP contribution in [0.4, 0.5) is 24.0 Å². The Morgan fingerprint density at radius 3 is 1.57 bits per heavy atom. The number of rotatable bonds is 2. The highest BCUT2D eigenvalue weighted by Gasteiger charge is 2.65. The molecular formula is C6H4F6OS. The fraction of sp³-hybridized carbons (Fsp3) is 0. The van der Waals surface area contributed by atoms with Gasteiger partial charge in [0.1, 0.15) is 4.90 Å². The summed E-state index contributed by atoms with van der Waals surface area (Å²) in [6.45, 7) is 0. The van der Waals surface area contributed by atoms with Crippen LogP contribution in [0.3, 0.4) is 0 Å². The number of hydrogen-bond donors (Lipinski definition) is 0. The molecule has 0 saturated carbocycles. The van der Waals surface area contributed by atoms with Gasteiger partial charge in [0, 0.05) is 4.53 Å². The zero-order chi connectivity index (χ0) is 11.1. The molecule has 0 N–H and O–H groups in total. The van der Waals surface area contributed by atoms with Gasteiger partial charge in [-0.3, -0.25) is 4.94 Å². The monoisotopic (exact) mass is 238 g/mol. The SMILES string of the molecule is FOc1ccc(S(F)(F)(F)(F)F)cc1. The van der Waals surface area contributed by atoms with Gasteiger partial charge in [-0.2, -0.15) is 0 Å². The Balaban J connectivity index is 3.24. The topological polar surface area (TPSA) is 9.23 Å². The summed E-state index contributed by atoms with van der Waals surface area (Å²) in [6.07, 6.45) is 0. The van der Waals surface area contributed by atoms with Gasteiger partial charge < -0.3 is 0 Å². The Bertz CT molecular complexity index is 340. The summed E-state index contributed by atoms with van der Waals surface area (Å²) < 4.78 is 71.6. The molecule has 0 fully saturated rings. The standard InChI is InChI=1S/C6H4F6OS/c7-13-5-1-3-6(4-2-5)14(8,9,10,11)12/h1-4H. The summed E-state index contributed by atoms with van der Waals surface area (Å²) in [5, 5.41) is 0. The van der Waals surface area contributed by atoms with E-state index < -0.39 is 20.9 Å². The first kappa shape index (κ1) is 11.0. The van der Waals surface area contributed by atoms with E-state index in [-0.39, 0.29) is 12.1 Å². The molecule has 0 saturated heterocycles. The molecule has 0 spiro atoms. The van der Waals surface area contributed by atoms with Gasteiger partial charge in [-0.05, 0) is 24.3 Å². The Morgan fingerprint density at radius 1 is 0.857 bits per heavy atom. The van der Waals surface area contributed by atoms with E-state index >= 15 is 0 Å². The van der Waals surface area contributed by atoms with Gasteiger partial charge in [0.05, 0.1) is 0 Å². The lowest BCUT2D eigenvalue weighted by molar-refractivity contribution is -0.00628. The minimum Gasteiger partial charge on any atom is -0.294 e. The fourth-order valence-corrected chi connectivity index (χ4v) is 1.40. The third-order valence-corrected chi connectivity index (χ3v) is 2.52. The van der Waals surface area contributed by atoms with Crippen LogP contribution in [0.5, 0.6) is 5.75 Å². The second-order valence-corrected chi connectivity index (χ2v) is 4.93. The Kier molecular flexibility index (Phi) is 1.81. The lowest BCUT2D eigenvalue weighted by Crippen LogP contribution is -2.05. The molecule has 0 aliphatic heterocycles. The molecule has 8 heteroatoms. The Morgan fingerprint density at radius 2 is 1.29 bits per heavy atom. The summed E-state index contributed by atoms with van der Waals surface area (Å²) in [6, 6.07) is 1.06. The van der Waals surface area contributed by atoms with E-state index in [1.807, 2.05) is 0 Å². The Hall–Kier alpha value is -1.05. The average Bonchev–Trinajstić information content (AvgIpc) is 2.01. The zero-order valence-corrected chi connectivity index (χ0v) is 7.21. The molecule has 0 bridgehead atoms. The van der Waals surface area contributed by atoms with E-state index in [9.17, 15) is 24.0 Å². The number of benzene rings is 1. The van der Waals surface area contributed by atoms with Crippen molar-refractivity contribution in [3.8, 4) is 5.75 Å². The summed E-state index contributed by atoms with van der Waals surface area (Å²) in [5.74, 6) is -0.574. The molecule has 0 amide bonds.